The minimum atomic E-state index is -1.86. The van der Waals surface area contributed by atoms with Crippen LogP contribution in [0, 0.1) is 5.92 Å². The molecule has 3 aliphatic heterocycles. The first-order valence-electron chi connectivity index (χ1n) is 13.5. The molecule has 39 heavy (non-hydrogen) atoms. The zero-order chi connectivity index (χ0) is 27.7. The zero-order valence-electron chi connectivity index (χ0n) is 22.1. The van der Waals surface area contributed by atoms with Gasteiger partial charge in [0.05, 0.1) is 24.9 Å². The first-order valence-corrected chi connectivity index (χ1v) is 13.9. The van der Waals surface area contributed by atoms with Gasteiger partial charge in [0.25, 0.3) is 5.91 Å². The van der Waals surface area contributed by atoms with Gasteiger partial charge in [0.2, 0.25) is 11.8 Å². The maximum absolute atomic E-state index is 13.9. The van der Waals surface area contributed by atoms with E-state index in [9.17, 15) is 24.6 Å². The standard InChI is InChI=1S/C30H34ClN3O5/c1-20(6-2-10-27(36)33-14-4-9-24(33)19-35)30(39)25-17-22(31)12-13-26(25)34(29(30)38)18-21-7-3-8-23(16-21)32-15-5-11-28(32)37/h2-3,6-8,12-13,16-17,20,24,35,39H,4-5,9-11,14-15,18-19H2,1H3/b6-2+/t20-,24+,30+/m1/s1. The monoisotopic (exact) mass is 551 g/mol. The molecule has 2 aromatic rings. The van der Waals surface area contributed by atoms with E-state index in [2.05, 4.69) is 0 Å². The fourth-order valence-electron chi connectivity index (χ4n) is 5.99. The summed E-state index contributed by atoms with van der Waals surface area (Å²) in [7, 11) is 0. The molecule has 0 spiro atoms. The highest BCUT2D eigenvalue weighted by Gasteiger charge is 2.52. The Hall–Kier alpha value is -3.20. The zero-order valence-corrected chi connectivity index (χ0v) is 22.8. The molecule has 0 radical (unpaired) electrons. The maximum Gasteiger partial charge on any atom is 0.264 e. The third-order valence-corrected chi connectivity index (χ3v) is 8.39. The Kier molecular flexibility index (Phi) is 7.80. The second-order valence-corrected chi connectivity index (χ2v) is 11.1. The number of hydrogen-bond donors (Lipinski definition) is 2. The molecule has 8 nitrogen and oxygen atoms in total. The van der Waals surface area contributed by atoms with Crippen LogP contribution in [-0.2, 0) is 26.5 Å². The van der Waals surface area contributed by atoms with Crippen molar-refractivity contribution >= 4 is 40.7 Å². The van der Waals surface area contributed by atoms with E-state index in [-0.39, 0.29) is 37.4 Å². The molecule has 3 amide bonds. The average Bonchev–Trinajstić information content (AvgIpc) is 3.63. The van der Waals surface area contributed by atoms with Crippen molar-refractivity contribution < 1.29 is 24.6 Å². The van der Waals surface area contributed by atoms with Crippen molar-refractivity contribution in [3.8, 4) is 0 Å². The smallest absolute Gasteiger partial charge is 0.264 e. The second kappa shape index (κ2) is 11.1. The fourth-order valence-corrected chi connectivity index (χ4v) is 6.16. The number of nitrogens with zero attached hydrogens (tertiary/aromatic N) is 3. The predicted molar refractivity (Wildman–Crippen MR) is 149 cm³/mol. The van der Waals surface area contributed by atoms with E-state index >= 15 is 0 Å². The van der Waals surface area contributed by atoms with E-state index in [0.717, 1.165) is 30.5 Å². The highest BCUT2D eigenvalue weighted by atomic mass is 35.5. The largest absolute Gasteiger partial charge is 0.394 e. The number of anilines is 2. The number of benzene rings is 2. The van der Waals surface area contributed by atoms with Gasteiger partial charge in [0.1, 0.15) is 0 Å². The van der Waals surface area contributed by atoms with Gasteiger partial charge in [-0.2, -0.15) is 0 Å². The summed E-state index contributed by atoms with van der Waals surface area (Å²) in [5.74, 6) is -1.10. The second-order valence-electron chi connectivity index (χ2n) is 10.6. The average molecular weight is 552 g/mol. The van der Waals surface area contributed by atoms with E-state index in [1.54, 1.807) is 52.0 Å². The third-order valence-electron chi connectivity index (χ3n) is 8.15. The number of likely N-dealkylation sites (tertiary alicyclic amines) is 1. The van der Waals surface area contributed by atoms with Crippen LogP contribution in [0.3, 0.4) is 0 Å². The number of carbonyl (C=O) groups is 3. The summed E-state index contributed by atoms with van der Waals surface area (Å²) in [4.78, 5) is 43.8. The van der Waals surface area contributed by atoms with Gasteiger partial charge < -0.3 is 24.9 Å². The molecular weight excluding hydrogens is 518 g/mol. The molecule has 2 saturated heterocycles. The predicted octanol–water partition coefficient (Wildman–Crippen LogP) is 3.77. The van der Waals surface area contributed by atoms with E-state index in [1.165, 1.54) is 0 Å². The minimum Gasteiger partial charge on any atom is -0.394 e. The lowest BCUT2D eigenvalue weighted by atomic mass is 9.83. The number of aliphatic hydroxyl groups excluding tert-OH is 1. The van der Waals surface area contributed by atoms with Crippen LogP contribution in [0.15, 0.2) is 54.6 Å². The molecule has 0 saturated carbocycles. The minimum absolute atomic E-state index is 0.0509. The molecule has 3 atom stereocenters. The van der Waals surface area contributed by atoms with Crippen molar-refractivity contribution in [2.75, 3.05) is 29.5 Å². The van der Waals surface area contributed by atoms with Crippen LogP contribution in [0.25, 0.3) is 0 Å². The number of carbonyl (C=O) groups excluding carboxylic acids is 3. The van der Waals surface area contributed by atoms with Crippen molar-refractivity contribution in [2.45, 2.75) is 57.2 Å². The molecule has 206 valence electrons. The third kappa shape index (κ3) is 5.09. The first kappa shape index (κ1) is 27.4. The lowest BCUT2D eigenvalue weighted by molar-refractivity contribution is -0.139. The number of halogens is 1. The first-order chi connectivity index (χ1) is 18.7. The van der Waals surface area contributed by atoms with Crippen LogP contribution in [0.1, 0.15) is 50.2 Å². The number of hydrogen-bond acceptors (Lipinski definition) is 5. The molecule has 5 rings (SSSR count). The van der Waals surface area contributed by atoms with Gasteiger partial charge in [-0.1, -0.05) is 42.8 Å². The molecule has 2 fully saturated rings. The fraction of sp³-hybridized carbons (Fsp3) is 0.433. The molecule has 0 aliphatic carbocycles. The van der Waals surface area contributed by atoms with Gasteiger partial charge >= 0.3 is 0 Å². The van der Waals surface area contributed by atoms with E-state index in [0.29, 0.717) is 35.8 Å². The van der Waals surface area contributed by atoms with Crippen molar-refractivity contribution in [2.24, 2.45) is 5.92 Å². The summed E-state index contributed by atoms with van der Waals surface area (Å²) in [6, 6.07) is 12.5. The Morgan fingerprint density at radius 3 is 2.74 bits per heavy atom. The molecule has 0 unspecified atom stereocenters. The van der Waals surface area contributed by atoms with Gasteiger partial charge in [-0.15, -0.1) is 0 Å². The number of amides is 3. The van der Waals surface area contributed by atoms with E-state index < -0.39 is 17.4 Å². The van der Waals surface area contributed by atoms with Crippen LogP contribution in [0.2, 0.25) is 5.02 Å². The summed E-state index contributed by atoms with van der Waals surface area (Å²) in [6.45, 7) is 3.22. The molecule has 3 aliphatic rings. The van der Waals surface area contributed by atoms with Gasteiger partial charge in [0.15, 0.2) is 5.60 Å². The SMILES string of the molecule is C[C@H](/C=C/CC(=O)N1CCC[C@H]1CO)[C@@]1(O)C(=O)N(Cc2cccc(N3CCCC3=O)c2)c2ccc(Cl)cc21. The summed E-state index contributed by atoms with van der Waals surface area (Å²) >= 11 is 6.30. The highest BCUT2D eigenvalue weighted by Crippen LogP contribution is 2.46. The van der Waals surface area contributed by atoms with Crippen LogP contribution in [-0.4, -0.2) is 58.6 Å². The quantitative estimate of drug-likeness (QED) is 0.486. The molecule has 2 aromatic carbocycles. The number of rotatable bonds is 8. The summed E-state index contributed by atoms with van der Waals surface area (Å²) in [5, 5.41) is 21.8. The Bertz CT molecular complexity index is 1310. The molecule has 3 heterocycles. The summed E-state index contributed by atoms with van der Waals surface area (Å²) in [5.41, 5.74) is 0.783. The van der Waals surface area contributed by atoms with Crippen LogP contribution in [0.5, 0.6) is 0 Å². The number of fused-ring (bicyclic) bond motifs is 1. The molecule has 2 N–H and O–H groups in total. The van der Waals surface area contributed by atoms with Gasteiger partial charge in [-0.05, 0) is 55.2 Å². The van der Waals surface area contributed by atoms with Gasteiger partial charge in [-0.25, -0.2) is 0 Å². The number of aliphatic hydroxyl groups is 2. The highest BCUT2D eigenvalue weighted by molar-refractivity contribution is 6.31. The summed E-state index contributed by atoms with van der Waals surface area (Å²) < 4.78 is 0. The van der Waals surface area contributed by atoms with E-state index in [1.807, 2.05) is 24.3 Å². The molecular formula is C30H34ClN3O5. The Morgan fingerprint density at radius 2 is 2.00 bits per heavy atom. The Balaban J connectivity index is 1.37. The van der Waals surface area contributed by atoms with Crippen LogP contribution < -0.4 is 9.80 Å². The van der Waals surface area contributed by atoms with Gasteiger partial charge in [-0.3, -0.25) is 14.4 Å². The topological polar surface area (TPSA) is 101 Å². The lowest BCUT2D eigenvalue weighted by Gasteiger charge is -2.28. The normalized spacial score (nSPS) is 23.8. The van der Waals surface area contributed by atoms with Crippen LogP contribution in [0.4, 0.5) is 11.4 Å². The van der Waals surface area contributed by atoms with Crippen molar-refractivity contribution in [1.29, 1.82) is 0 Å². The molecule has 0 aromatic heterocycles. The van der Waals surface area contributed by atoms with Crippen LogP contribution >= 0.6 is 11.6 Å². The molecule has 0 bridgehead atoms. The van der Waals surface area contributed by atoms with Crippen molar-refractivity contribution in [3.63, 3.8) is 0 Å². The summed E-state index contributed by atoms with van der Waals surface area (Å²) in [6.07, 6.45) is 6.54. The van der Waals surface area contributed by atoms with Crippen molar-refractivity contribution in [3.05, 3.63) is 70.8 Å². The van der Waals surface area contributed by atoms with Gasteiger partial charge in [0, 0.05) is 48.1 Å². The Labute approximate surface area is 233 Å². The Morgan fingerprint density at radius 1 is 1.18 bits per heavy atom. The van der Waals surface area contributed by atoms with Crippen molar-refractivity contribution in [1.82, 2.24) is 4.90 Å². The molecule has 9 heteroatoms. The maximum atomic E-state index is 13.9. The van der Waals surface area contributed by atoms with E-state index in [4.69, 9.17) is 11.6 Å². The lowest BCUT2D eigenvalue weighted by Crippen LogP contribution is -2.44.